The van der Waals surface area contributed by atoms with Crippen LogP contribution in [0.25, 0.3) is 0 Å². The van der Waals surface area contributed by atoms with Gasteiger partial charge in [0, 0.05) is 15.7 Å². The van der Waals surface area contributed by atoms with Gasteiger partial charge in [-0.15, -0.1) is 5.10 Å². The van der Waals surface area contributed by atoms with Crippen LogP contribution < -0.4 is 19.9 Å². The fraction of sp³-hybridized carbons (Fsp3) is 0.278. The lowest BCUT2D eigenvalue weighted by atomic mass is 9.84. The zero-order chi connectivity index (χ0) is 20.4. The van der Waals surface area contributed by atoms with Crippen molar-refractivity contribution in [3.8, 4) is 23.4 Å². The number of halogens is 1. The van der Waals surface area contributed by atoms with E-state index in [-0.39, 0.29) is 18.1 Å². The molecule has 0 amide bonds. The van der Waals surface area contributed by atoms with Gasteiger partial charge in [-0.3, -0.25) is 5.10 Å². The Morgan fingerprint density at radius 1 is 1.43 bits per heavy atom. The fourth-order valence-corrected chi connectivity index (χ4v) is 3.50. The molecule has 10 heteroatoms. The molecule has 1 aromatic carbocycles. The van der Waals surface area contributed by atoms with E-state index in [0.29, 0.717) is 33.0 Å². The van der Waals surface area contributed by atoms with Crippen LogP contribution in [0.3, 0.4) is 0 Å². The van der Waals surface area contributed by atoms with Gasteiger partial charge in [0.15, 0.2) is 18.1 Å². The van der Waals surface area contributed by atoms with Crippen molar-refractivity contribution >= 4 is 21.9 Å². The summed E-state index contributed by atoms with van der Waals surface area (Å²) in [6.07, 6.45) is 0. The van der Waals surface area contributed by atoms with E-state index in [1.807, 2.05) is 6.92 Å². The Labute approximate surface area is 169 Å². The van der Waals surface area contributed by atoms with Crippen LogP contribution in [-0.4, -0.2) is 37.0 Å². The summed E-state index contributed by atoms with van der Waals surface area (Å²) in [6.45, 7) is 1.56. The number of allylic oxidation sites excluding steroid dienone is 1. The lowest BCUT2D eigenvalue weighted by Gasteiger charge is -2.25. The SMILES string of the molecule is COC(=O)COc1cc(Br)c([C@H]2C(C#N)=C(N)Oc3n[nH]c(C)c32)cc1OC. The number of ether oxygens (including phenoxy) is 4. The fourth-order valence-electron chi connectivity index (χ4n) is 2.95. The number of aromatic amines is 1. The minimum atomic E-state index is -0.523. The summed E-state index contributed by atoms with van der Waals surface area (Å²) >= 11 is 3.52. The molecule has 0 unspecified atom stereocenters. The summed E-state index contributed by atoms with van der Waals surface area (Å²) in [4.78, 5) is 11.4. The first-order valence-electron chi connectivity index (χ1n) is 8.10. The Morgan fingerprint density at radius 2 is 2.18 bits per heavy atom. The van der Waals surface area contributed by atoms with Crippen LogP contribution in [0.1, 0.15) is 22.7 Å². The highest BCUT2D eigenvalue weighted by Crippen LogP contribution is 2.47. The molecule has 0 saturated carbocycles. The number of nitrogens with zero attached hydrogens (tertiary/aromatic N) is 2. The molecular weight excluding hydrogens is 432 g/mol. The normalized spacial score (nSPS) is 15.3. The molecule has 0 radical (unpaired) electrons. The van der Waals surface area contributed by atoms with E-state index in [1.54, 1.807) is 12.1 Å². The molecular formula is C18H17BrN4O5. The van der Waals surface area contributed by atoms with Gasteiger partial charge in [-0.1, -0.05) is 15.9 Å². The van der Waals surface area contributed by atoms with Crippen molar-refractivity contribution in [2.45, 2.75) is 12.8 Å². The van der Waals surface area contributed by atoms with E-state index in [1.165, 1.54) is 14.2 Å². The predicted octanol–water partition coefficient (Wildman–Crippen LogP) is 2.26. The molecule has 0 aliphatic carbocycles. The smallest absolute Gasteiger partial charge is 0.343 e. The van der Waals surface area contributed by atoms with Crippen molar-refractivity contribution in [2.75, 3.05) is 20.8 Å². The number of aryl methyl sites for hydroxylation is 1. The molecule has 3 N–H and O–H groups in total. The zero-order valence-electron chi connectivity index (χ0n) is 15.3. The van der Waals surface area contributed by atoms with Gasteiger partial charge in [-0.25, -0.2) is 4.79 Å². The van der Waals surface area contributed by atoms with Gasteiger partial charge < -0.3 is 24.7 Å². The highest BCUT2D eigenvalue weighted by molar-refractivity contribution is 9.10. The molecule has 2 heterocycles. The minimum absolute atomic E-state index is 0.0108. The van der Waals surface area contributed by atoms with Crippen molar-refractivity contribution in [1.29, 1.82) is 5.26 Å². The van der Waals surface area contributed by atoms with E-state index in [0.717, 1.165) is 5.69 Å². The molecule has 0 spiro atoms. The van der Waals surface area contributed by atoms with Crippen molar-refractivity contribution in [1.82, 2.24) is 10.2 Å². The lowest BCUT2D eigenvalue weighted by Crippen LogP contribution is -2.21. The Hall–Kier alpha value is -3.19. The average molecular weight is 449 g/mol. The number of benzene rings is 1. The van der Waals surface area contributed by atoms with E-state index in [4.69, 9.17) is 19.9 Å². The molecule has 1 aromatic heterocycles. The maximum absolute atomic E-state index is 11.4. The van der Waals surface area contributed by atoms with E-state index >= 15 is 0 Å². The number of carbonyl (C=O) groups excluding carboxylic acids is 1. The molecule has 1 aliphatic rings. The average Bonchev–Trinajstić information content (AvgIpc) is 3.05. The Morgan fingerprint density at radius 3 is 2.82 bits per heavy atom. The monoisotopic (exact) mass is 448 g/mol. The molecule has 2 aromatic rings. The van der Waals surface area contributed by atoms with Gasteiger partial charge in [-0.2, -0.15) is 5.26 Å². The number of carbonyl (C=O) groups is 1. The molecule has 1 atom stereocenters. The predicted molar refractivity (Wildman–Crippen MR) is 101 cm³/mol. The summed E-state index contributed by atoms with van der Waals surface area (Å²) in [5, 5.41) is 16.6. The number of hydrogen-bond donors (Lipinski definition) is 2. The van der Waals surface area contributed by atoms with Crippen LogP contribution in [-0.2, 0) is 9.53 Å². The van der Waals surface area contributed by atoms with Crippen LogP contribution in [0.2, 0.25) is 0 Å². The molecule has 0 fully saturated rings. The van der Waals surface area contributed by atoms with Crippen LogP contribution in [0.5, 0.6) is 17.4 Å². The first kappa shape index (κ1) is 19.6. The number of H-pyrrole nitrogens is 1. The number of hydrogen-bond acceptors (Lipinski definition) is 8. The summed E-state index contributed by atoms with van der Waals surface area (Å²) in [5.41, 5.74) is 8.36. The Balaban J connectivity index is 2.11. The molecule has 28 heavy (non-hydrogen) atoms. The summed E-state index contributed by atoms with van der Waals surface area (Å²) in [5.74, 6) is -0.0140. The second-order valence-corrected chi connectivity index (χ2v) is 6.74. The highest BCUT2D eigenvalue weighted by Gasteiger charge is 2.36. The molecule has 3 rings (SSSR count). The largest absolute Gasteiger partial charge is 0.493 e. The topological polar surface area (TPSA) is 132 Å². The molecule has 0 bridgehead atoms. The lowest BCUT2D eigenvalue weighted by molar-refractivity contribution is -0.142. The summed E-state index contributed by atoms with van der Waals surface area (Å²) in [6, 6.07) is 5.50. The first-order valence-corrected chi connectivity index (χ1v) is 8.90. The number of fused-ring (bicyclic) bond motifs is 1. The van der Waals surface area contributed by atoms with Gasteiger partial charge in [0.25, 0.3) is 0 Å². The van der Waals surface area contributed by atoms with Crippen molar-refractivity contribution in [2.24, 2.45) is 5.73 Å². The van der Waals surface area contributed by atoms with Crippen LogP contribution in [0.4, 0.5) is 0 Å². The van der Waals surface area contributed by atoms with E-state index in [9.17, 15) is 10.1 Å². The van der Waals surface area contributed by atoms with Gasteiger partial charge in [0.1, 0.15) is 11.6 Å². The number of nitrogens with one attached hydrogen (secondary N) is 1. The number of aromatic nitrogens is 2. The molecule has 0 saturated heterocycles. The van der Waals surface area contributed by atoms with Gasteiger partial charge in [-0.05, 0) is 24.6 Å². The number of nitrogens with two attached hydrogens (primary N) is 1. The number of rotatable bonds is 5. The minimum Gasteiger partial charge on any atom is -0.493 e. The van der Waals surface area contributed by atoms with E-state index < -0.39 is 11.9 Å². The first-order chi connectivity index (χ1) is 13.4. The highest BCUT2D eigenvalue weighted by atomic mass is 79.9. The van der Waals surface area contributed by atoms with Crippen molar-refractivity contribution in [3.05, 3.63) is 44.9 Å². The standard InChI is InChI=1S/C18H17BrN4O5/c1-8-15-16(10(6-20)17(21)28-18(15)23-22-8)9-4-12(25-2)13(5-11(9)19)27-7-14(24)26-3/h4-5,16H,7,21H2,1-3H3,(H,22,23)/t16-/m0/s1. The third kappa shape index (κ3) is 3.36. The third-order valence-corrected chi connectivity index (χ3v) is 4.98. The zero-order valence-corrected chi connectivity index (χ0v) is 16.9. The summed E-state index contributed by atoms with van der Waals surface area (Å²) < 4.78 is 21.6. The van der Waals surface area contributed by atoms with Crippen LogP contribution in [0.15, 0.2) is 28.1 Å². The summed E-state index contributed by atoms with van der Waals surface area (Å²) in [7, 11) is 2.75. The maximum Gasteiger partial charge on any atom is 0.343 e. The van der Waals surface area contributed by atoms with Gasteiger partial charge in [0.05, 0.1) is 20.1 Å². The Kier molecular flexibility index (Phi) is 5.46. The molecule has 9 nitrogen and oxygen atoms in total. The number of methoxy groups -OCH3 is 2. The number of esters is 1. The maximum atomic E-state index is 11.4. The van der Waals surface area contributed by atoms with Crippen molar-refractivity contribution < 1.29 is 23.7 Å². The van der Waals surface area contributed by atoms with Gasteiger partial charge in [0.2, 0.25) is 11.8 Å². The second-order valence-electron chi connectivity index (χ2n) is 5.88. The number of nitriles is 1. The van der Waals surface area contributed by atoms with Crippen molar-refractivity contribution in [3.63, 3.8) is 0 Å². The molecule has 146 valence electrons. The van der Waals surface area contributed by atoms with Gasteiger partial charge >= 0.3 is 5.97 Å². The van der Waals surface area contributed by atoms with Crippen LogP contribution >= 0.6 is 15.9 Å². The Bertz CT molecular complexity index is 1010. The van der Waals surface area contributed by atoms with Crippen LogP contribution in [0, 0.1) is 18.3 Å². The molecule has 1 aliphatic heterocycles. The van der Waals surface area contributed by atoms with E-state index in [2.05, 4.69) is 36.9 Å². The third-order valence-electron chi connectivity index (χ3n) is 4.30. The second kappa shape index (κ2) is 7.82. The quantitative estimate of drug-likeness (QED) is 0.665.